The van der Waals surface area contributed by atoms with Crippen LogP contribution in [0.1, 0.15) is 32.6 Å². The summed E-state index contributed by atoms with van der Waals surface area (Å²) in [6.45, 7) is 8.37. The number of hydrogen-bond donors (Lipinski definition) is 1. The topological polar surface area (TPSA) is 59.2 Å². The average molecular weight is 290 g/mol. The predicted octanol–water partition coefficient (Wildman–Crippen LogP) is 2.52. The smallest absolute Gasteiger partial charge is 0.240 e. The monoisotopic (exact) mass is 289 g/mol. The predicted molar refractivity (Wildman–Crippen MR) is 75.6 cm³/mol. The van der Waals surface area contributed by atoms with Crippen LogP contribution in [-0.2, 0) is 11.3 Å². The van der Waals surface area contributed by atoms with Gasteiger partial charge in [0.25, 0.3) is 0 Å². The molecule has 0 aliphatic heterocycles. The molecule has 1 atom stereocenters. The highest BCUT2D eigenvalue weighted by Gasteiger charge is 2.25. The molecule has 0 aliphatic rings. The highest BCUT2D eigenvalue weighted by atomic mass is 35.5. The SMILES string of the molecule is CC(C)[C@H](N)C(=O)N(Cc1cnc(Cl)s1)C(C)C. The van der Waals surface area contributed by atoms with E-state index in [4.69, 9.17) is 17.3 Å². The Labute approximate surface area is 117 Å². The largest absolute Gasteiger partial charge is 0.334 e. The zero-order chi connectivity index (χ0) is 13.9. The van der Waals surface area contributed by atoms with Crippen LogP contribution in [-0.4, -0.2) is 27.9 Å². The minimum atomic E-state index is -0.462. The van der Waals surface area contributed by atoms with E-state index in [9.17, 15) is 4.79 Å². The lowest BCUT2D eigenvalue weighted by Crippen LogP contribution is -2.48. The molecule has 1 amide bonds. The molecule has 1 heterocycles. The third-order valence-corrected chi connectivity index (χ3v) is 3.86. The van der Waals surface area contributed by atoms with Crippen molar-refractivity contribution in [3.63, 3.8) is 0 Å². The standard InChI is InChI=1S/C12H20ClN3OS/c1-7(2)10(14)11(17)16(8(3)4)6-9-5-15-12(13)18-9/h5,7-8,10H,6,14H2,1-4H3/t10-/m0/s1. The van der Waals surface area contributed by atoms with Crippen LogP contribution < -0.4 is 5.73 Å². The van der Waals surface area contributed by atoms with Gasteiger partial charge in [0.15, 0.2) is 4.47 Å². The number of carbonyl (C=O) groups is 1. The van der Waals surface area contributed by atoms with E-state index in [0.29, 0.717) is 11.0 Å². The molecule has 1 rings (SSSR count). The van der Waals surface area contributed by atoms with Crippen LogP contribution in [0.15, 0.2) is 6.20 Å². The van der Waals surface area contributed by atoms with Crippen molar-refractivity contribution >= 4 is 28.8 Å². The molecule has 4 nitrogen and oxygen atoms in total. The van der Waals surface area contributed by atoms with Crippen molar-refractivity contribution in [1.29, 1.82) is 0 Å². The van der Waals surface area contributed by atoms with Crippen LogP contribution in [0.25, 0.3) is 0 Å². The molecule has 1 aromatic heterocycles. The molecule has 18 heavy (non-hydrogen) atoms. The van der Waals surface area contributed by atoms with Gasteiger partial charge in [-0.1, -0.05) is 25.4 Å². The number of thiazole rings is 1. The quantitative estimate of drug-likeness (QED) is 0.906. The van der Waals surface area contributed by atoms with Crippen LogP contribution >= 0.6 is 22.9 Å². The fourth-order valence-electron chi connectivity index (χ4n) is 1.52. The summed E-state index contributed by atoms with van der Waals surface area (Å²) in [5.41, 5.74) is 5.93. The molecule has 0 saturated carbocycles. The molecule has 0 aliphatic carbocycles. The van der Waals surface area contributed by atoms with Crippen molar-refractivity contribution in [2.45, 2.75) is 46.3 Å². The normalized spacial score (nSPS) is 13.1. The van der Waals surface area contributed by atoms with Crippen LogP contribution in [0.5, 0.6) is 0 Å². The number of nitrogens with zero attached hydrogens (tertiary/aromatic N) is 2. The van der Waals surface area contributed by atoms with Gasteiger partial charge in [0.05, 0.1) is 12.6 Å². The lowest BCUT2D eigenvalue weighted by atomic mass is 10.0. The summed E-state index contributed by atoms with van der Waals surface area (Å²) in [7, 11) is 0. The Bertz CT molecular complexity index is 406. The summed E-state index contributed by atoms with van der Waals surface area (Å²) < 4.78 is 0.495. The summed E-state index contributed by atoms with van der Waals surface area (Å²) in [6, 6.07) is -0.362. The number of amides is 1. The van der Waals surface area contributed by atoms with Gasteiger partial charge in [0.1, 0.15) is 0 Å². The number of nitrogens with two attached hydrogens (primary N) is 1. The molecule has 0 spiro atoms. The fraction of sp³-hybridized carbons (Fsp3) is 0.667. The third kappa shape index (κ3) is 3.93. The van der Waals surface area contributed by atoms with Crippen LogP contribution in [0, 0.1) is 5.92 Å². The van der Waals surface area contributed by atoms with Crippen molar-refractivity contribution in [2.75, 3.05) is 0 Å². The van der Waals surface area contributed by atoms with Crippen molar-refractivity contribution in [1.82, 2.24) is 9.88 Å². The first-order valence-corrected chi connectivity index (χ1v) is 7.18. The van der Waals surface area contributed by atoms with Crippen molar-refractivity contribution in [2.24, 2.45) is 11.7 Å². The minimum Gasteiger partial charge on any atom is -0.334 e. The van der Waals surface area contributed by atoms with Crippen molar-refractivity contribution in [3.05, 3.63) is 15.5 Å². The van der Waals surface area contributed by atoms with Crippen molar-refractivity contribution in [3.8, 4) is 0 Å². The molecule has 0 aromatic carbocycles. The fourth-order valence-corrected chi connectivity index (χ4v) is 2.49. The second-order valence-corrected chi connectivity index (χ2v) is 6.61. The molecule has 0 bridgehead atoms. The van der Waals surface area contributed by atoms with Crippen LogP contribution in [0.3, 0.4) is 0 Å². The van der Waals surface area contributed by atoms with Gasteiger partial charge in [-0.05, 0) is 19.8 Å². The van der Waals surface area contributed by atoms with Crippen LogP contribution in [0.2, 0.25) is 4.47 Å². The molecule has 0 radical (unpaired) electrons. The van der Waals surface area contributed by atoms with Gasteiger partial charge < -0.3 is 10.6 Å². The third-order valence-electron chi connectivity index (χ3n) is 2.76. The highest BCUT2D eigenvalue weighted by molar-refractivity contribution is 7.15. The number of halogens is 1. The van der Waals surface area contributed by atoms with E-state index < -0.39 is 6.04 Å². The Morgan fingerprint density at radius 1 is 1.50 bits per heavy atom. The molecular weight excluding hydrogens is 270 g/mol. The molecule has 102 valence electrons. The van der Waals surface area contributed by atoms with E-state index in [-0.39, 0.29) is 17.9 Å². The Hall–Kier alpha value is -0.650. The zero-order valence-corrected chi connectivity index (χ0v) is 12.8. The summed E-state index contributed by atoms with van der Waals surface area (Å²) >= 11 is 7.19. The Balaban J connectivity index is 2.80. The first kappa shape index (κ1) is 15.4. The second kappa shape index (κ2) is 6.50. The van der Waals surface area contributed by atoms with E-state index in [0.717, 1.165) is 4.88 Å². The van der Waals surface area contributed by atoms with Gasteiger partial charge in [0, 0.05) is 17.1 Å². The average Bonchev–Trinajstić information content (AvgIpc) is 2.69. The van der Waals surface area contributed by atoms with E-state index in [2.05, 4.69) is 4.98 Å². The summed E-state index contributed by atoms with van der Waals surface area (Å²) in [5.74, 6) is 0.105. The number of aromatic nitrogens is 1. The maximum absolute atomic E-state index is 12.3. The summed E-state index contributed by atoms with van der Waals surface area (Å²) in [4.78, 5) is 19.0. The van der Waals surface area contributed by atoms with Gasteiger partial charge in [0.2, 0.25) is 5.91 Å². The molecule has 2 N–H and O–H groups in total. The summed E-state index contributed by atoms with van der Waals surface area (Å²) in [5, 5.41) is 0. The molecular formula is C12H20ClN3OS. The zero-order valence-electron chi connectivity index (χ0n) is 11.2. The Morgan fingerprint density at radius 2 is 2.11 bits per heavy atom. The van der Waals surface area contributed by atoms with Gasteiger partial charge in [-0.2, -0.15) is 0 Å². The molecule has 0 saturated heterocycles. The van der Waals surface area contributed by atoms with Gasteiger partial charge >= 0.3 is 0 Å². The van der Waals surface area contributed by atoms with Gasteiger partial charge in [-0.25, -0.2) is 4.98 Å². The summed E-state index contributed by atoms with van der Waals surface area (Å²) in [6.07, 6.45) is 1.70. The van der Waals surface area contributed by atoms with E-state index in [1.807, 2.05) is 27.7 Å². The first-order chi connectivity index (χ1) is 8.32. The molecule has 0 unspecified atom stereocenters. The number of carbonyl (C=O) groups excluding carboxylic acids is 1. The van der Waals surface area contributed by atoms with Crippen molar-refractivity contribution < 1.29 is 4.79 Å². The Morgan fingerprint density at radius 3 is 2.50 bits per heavy atom. The second-order valence-electron chi connectivity index (χ2n) is 4.91. The lowest BCUT2D eigenvalue weighted by molar-refractivity contribution is -0.135. The molecule has 1 aromatic rings. The molecule has 6 heteroatoms. The van der Waals surface area contributed by atoms with E-state index >= 15 is 0 Å². The van der Waals surface area contributed by atoms with Gasteiger partial charge in [-0.3, -0.25) is 4.79 Å². The maximum Gasteiger partial charge on any atom is 0.240 e. The minimum absolute atomic E-state index is 0.0236. The first-order valence-electron chi connectivity index (χ1n) is 5.99. The van der Waals surface area contributed by atoms with E-state index in [1.165, 1.54) is 11.3 Å². The Kier molecular flexibility index (Phi) is 5.56. The lowest BCUT2D eigenvalue weighted by Gasteiger charge is -2.30. The molecule has 0 fully saturated rings. The highest BCUT2D eigenvalue weighted by Crippen LogP contribution is 2.21. The number of hydrogen-bond acceptors (Lipinski definition) is 4. The van der Waals surface area contributed by atoms with Gasteiger partial charge in [-0.15, -0.1) is 11.3 Å². The maximum atomic E-state index is 12.3. The van der Waals surface area contributed by atoms with E-state index in [1.54, 1.807) is 11.1 Å². The number of rotatable bonds is 5. The van der Waals surface area contributed by atoms with Crippen LogP contribution in [0.4, 0.5) is 0 Å².